The van der Waals surface area contributed by atoms with Crippen molar-refractivity contribution in [2.75, 3.05) is 25.6 Å². The quantitative estimate of drug-likeness (QED) is 0.811. The summed E-state index contributed by atoms with van der Waals surface area (Å²) in [6.07, 6.45) is 0. The van der Waals surface area contributed by atoms with Gasteiger partial charge in [-0.15, -0.1) is 0 Å². The Morgan fingerprint density at radius 1 is 0.950 bits per heavy atom. The van der Waals surface area contributed by atoms with Crippen molar-refractivity contribution in [1.29, 1.82) is 0 Å². The molecule has 20 heavy (non-hydrogen) atoms. The van der Waals surface area contributed by atoms with E-state index in [2.05, 4.69) is 37.4 Å². The van der Waals surface area contributed by atoms with Crippen molar-refractivity contribution >= 4 is 5.69 Å². The second-order valence-corrected chi connectivity index (χ2v) is 4.77. The van der Waals surface area contributed by atoms with Gasteiger partial charge in [0.1, 0.15) is 18.1 Å². The first-order chi connectivity index (χ1) is 9.69. The average molecular weight is 271 g/mol. The van der Waals surface area contributed by atoms with E-state index in [0.717, 1.165) is 23.7 Å². The van der Waals surface area contributed by atoms with Gasteiger partial charge >= 0.3 is 0 Å². The molecule has 0 aliphatic heterocycles. The standard InChI is InChI=1S/C17H21NO2/c1-13-4-9-17(14(2)12-13)18-10-11-20-16-7-5-15(19-3)6-8-16/h4-9,12,18H,10-11H2,1-3H3. The summed E-state index contributed by atoms with van der Waals surface area (Å²) in [6.45, 7) is 5.61. The fourth-order valence-corrected chi connectivity index (χ4v) is 2.04. The van der Waals surface area contributed by atoms with Gasteiger partial charge in [-0.1, -0.05) is 17.7 Å². The third kappa shape index (κ3) is 3.92. The van der Waals surface area contributed by atoms with Crippen LogP contribution in [0.15, 0.2) is 42.5 Å². The minimum atomic E-state index is 0.625. The van der Waals surface area contributed by atoms with Crippen LogP contribution in [0.4, 0.5) is 5.69 Å². The van der Waals surface area contributed by atoms with Crippen LogP contribution < -0.4 is 14.8 Å². The molecule has 3 nitrogen and oxygen atoms in total. The molecule has 0 bridgehead atoms. The van der Waals surface area contributed by atoms with Crippen LogP contribution in [0.3, 0.4) is 0 Å². The van der Waals surface area contributed by atoms with E-state index in [1.807, 2.05) is 24.3 Å². The number of ether oxygens (including phenoxy) is 2. The lowest BCUT2D eigenvalue weighted by Gasteiger charge is -2.11. The van der Waals surface area contributed by atoms with Crippen LogP contribution in [-0.4, -0.2) is 20.3 Å². The SMILES string of the molecule is COc1ccc(OCCNc2ccc(C)cc2C)cc1. The highest BCUT2D eigenvalue weighted by molar-refractivity contribution is 5.51. The molecule has 0 radical (unpaired) electrons. The molecule has 0 saturated heterocycles. The molecule has 2 aromatic carbocycles. The Bertz CT molecular complexity index is 549. The Kier molecular flexibility index (Phi) is 4.88. The zero-order valence-corrected chi connectivity index (χ0v) is 12.3. The molecule has 0 unspecified atom stereocenters. The molecule has 0 atom stereocenters. The maximum atomic E-state index is 5.67. The summed E-state index contributed by atoms with van der Waals surface area (Å²) in [4.78, 5) is 0. The van der Waals surface area contributed by atoms with Crippen molar-refractivity contribution in [3.63, 3.8) is 0 Å². The second-order valence-electron chi connectivity index (χ2n) is 4.77. The normalized spacial score (nSPS) is 10.2. The summed E-state index contributed by atoms with van der Waals surface area (Å²) in [7, 11) is 1.66. The van der Waals surface area contributed by atoms with E-state index in [0.29, 0.717) is 6.61 Å². The number of nitrogens with one attached hydrogen (secondary N) is 1. The zero-order chi connectivity index (χ0) is 14.4. The van der Waals surface area contributed by atoms with Crippen molar-refractivity contribution in [3.8, 4) is 11.5 Å². The van der Waals surface area contributed by atoms with Crippen molar-refractivity contribution < 1.29 is 9.47 Å². The lowest BCUT2D eigenvalue weighted by Crippen LogP contribution is -2.12. The molecule has 0 aliphatic carbocycles. The van der Waals surface area contributed by atoms with Gasteiger partial charge in [-0.3, -0.25) is 0 Å². The Labute approximate surface area is 120 Å². The van der Waals surface area contributed by atoms with Crippen LogP contribution in [0.1, 0.15) is 11.1 Å². The maximum absolute atomic E-state index is 5.67. The lowest BCUT2D eigenvalue weighted by atomic mass is 10.1. The van der Waals surface area contributed by atoms with E-state index in [-0.39, 0.29) is 0 Å². The smallest absolute Gasteiger partial charge is 0.119 e. The number of anilines is 1. The summed E-state index contributed by atoms with van der Waals surface area (Å²) in [6, 6.07) is 14.0. The van der Waals surface area contributed by atoms with Gasteiger partial charge in [0.25, 0.3) is 0 Å². The Balaban J connectivity index is 1.78. The monoisotopic (exact) mass is 271 g/mol. The van der Waals surface area contributed by atoms with Gasteiger partial charge in [0.15, 0.2) is 0 Å². The van der Waals surface area contributed by atoms with Crippen molar-refractivity contribution in [2.24, 2.45) is 0 Å². The third-order valence-corrected chi connectivity index (χ3v) is 3.13. The number of rotatable bonds is 6. The van der Waals surface area contributed by atoms with E-state index < -0.39 is 0 Å². The predicted octanol–water partition coefficient (Wildman–Crippen LogP) is 3.80. The fourth-order valence-electron chi connectivity index (χ4n) is 2.04. The van der Waals surface area contributed by atoms with Crippen LogP contribution in [-0.2, 0) is 0 Å². The minimum Gasteiger partial charge on any atom is -0.497 e. The summed E-state index contributed by atoms with van der Waals surface area (Å²) in [5, 5.41) is 3.38. The zero-order valence-electron chi connectivity index (χ0n) is 12.3. The Hall–Kier alpha value is -2.16. The van der Waals surface area contributed by atoms with E-state index in [1.165, 1.54) is 11.1 Å². The molecule has 0 spiro atoms. The Morgan fingerprint density at radius 2 is 1.65 bits per heavy atom. The van der Waals surface area contributed by atoms with E-state index in [9.17, 15) is 0 Å². The van der Waals surface area contributed by atoms with Gasteiger partial charge in [0.05, 0.1) is 7.11 Å². The first-order valence-electron chi connectivity index (χ1n) is 6.77. The minimum absolute atomic E-state index is 0.625. The van der Waals surface area contributed by atoms with Crippen molar-refractivity contribution in [3.05, 3.63) is 53.6 Å². The molecule has 2 rings (SSSR count). The summed E-state index contributed by atoms with van der Waals surface area (Å²) < 4.78 is 10.8. The molecule has 0 amide bonds. The number of methoxy groups -OCH3 is 1. The molecular formula is C17H21NO2. The number of benzene rings is 2. The van der Waals surface area contributed by atoms with Gasteiger partial charge in [-0.2, -0.15) is 0 Å². The van der Waals surface area contributed by atoms with Gasteiger partial charge in [0.2, 0.25) is 0 Å². The largest absolute Gasteiger partial charge is 0.497 e. The van der Waals surface area contributed by atoms with E-state index in [4.69, 9.17) is 9.47 Å². The molecule has 3 heteroatoms. The van der Waals surface area contributed by atoms with E-state index >= 15 is 0 Å². The summed E-state index contributed by atoms with van der Waals surface area (Å²) in [5.74, 6) is 1.69. The molecule has 0 heterocycles. The highest BCUT2D eigenvalue weighted by atomic mass is 16.5. The topological polar surface area (TPSA) is 30.5 Å². The van der Waals surface area contributed by atoms with Gasteiger partial charge in [-0.25, -0.2) is 0 Å². The molecule has 2 aromatic rings. The molecule has 0 aromatic heterocycles. The first kappa shape index (κ1) is 14.3. The van der Waals surface area contributed by atoms with Crippen molar-refractivity contribution in [2.45, 2.75) is 13.8 Å². The average Bonchev–Trinajstić information content (AvgIpc) is 2.46. The summed E-state index contributed by atoms with van der Waals surface area (Å²) >= 11 is 0. The lowest BCUT2D eigenvalue weighted by molar-refractivity contribution is 0.331. The molecule has 0 aliphatic rings. The highest BCUT2D eigenvalue weighted by Gasteiger charge is 1.98. The van der Waals surface area contributed by atoms with Crippen molar-refractivity contribution in [1.82, 2.24) is 0 Å². The van der Waals surface area contributed by atoms with Crippen LogP contribution in [0.25, 0.3) is 0 Å². The number of hydrogen-bond donors (Lipinski definition) is 1. The van der Waals surface area contributed by atoms with Crippen LogP contribution >= 0.6 is 0 Å². The highest BCUT2D eigenvalue weighted by Crippen LogP contribution is 2.17. The van der Waals surface area contributed by atoms with Gasteiger partial charge in [0, 0.05) is 12.2 Å². The molecule has 0 fully saturated rings. The van der Waals surface area contributed by atoms with Crippen LogP contribution in [0.5, 0.6) is 11.5 Å². The number of hydrogen-bond acceptors (Lipinski definition) is 3. The fraction of sp³-hybridized carbons (Fsp3) is 0.294. The van der Waals surface area contributed by atoms with E-state index in [1.54, 1.807) is 7.11 Å². The molecule has 1 N–H and O–H groups in total. The number of aryl methyl sites for hydroxylation is 2. The first-order valence-corrected chi connectivity index (χ1v) is 6.77. The second kappa shape index (κ2) is 6.85. The molecule has 0 saturated carbocycles. The van der Waals surface area contributed by atoms with Gasteiger partial charge < -0.3 is 14.8 Å². The summed E-state index contributed by atoms with van der Waals surface area (Å²) in [5.41, 5.74) is 3.70. The Morgan fingerprint density at radius 3 is 2.30 bits per heavy atom. The third-order valence-electron chi connectivity index (χ3n) is 3.13. The van der Waals surface area contributed by atoms with Gasteiger partial charge in [-0.05, 0) is 49.7 Å². The van der Waals surface area contributed by atoms with Crippen LogP contribution in [0, 0.1) is 13.8 Å². The molecule has 106 valence electrons. The predicted molar refractivity (Wildman–Crippen MR) is 82.9 cm³/mol. The molecular weight excluding hydrogens is 250 g/mol. The van der Waals surface area contributed by atoms with Crippen LogP contribution in [0.2, 0.25) is 0 Å². The maximum Gasteiger partial charge on any atom is 0.119 e.